The quantitative estimate of drug-likeness (QED) is 0.889. The molecule has 1 aromatic carbocycles. The molecule has 0 amide bonds. The van der Waals surface area contributed by atoms with Crippen LogP contribution in [-0.4, -0.2) is 24.8 Å². The van der Waals surface area contributed by atoms with Gasteiger partial charge in [0.1, 0.15) is 5.82 Å². The first-order valence-electron chi connectivity index (χ1n) is 6.92. The molecule has 0 aliphatic carbocycles. The van der Waals surface area contributed by atoms with Gasteiger partial charge in [-0.25, -0.2) is 4.39 Å². The molecule has 3 atom stereocenters. The monoisotopic (exact) mass is 329 g/mol. The molecule has 1 fully saturated rings. The number of hydrogen-bond acceptors (Lipinski definition) is 2. The SMILES string of the molecule is CCNC(Cc1cc(F)cc(Br)c1)C1CCC(C)O1. The van der Waals surface area contributed by atoms with E-state index in [4.69, 9.17) is 4.74 Å². The van der Waals surface area contributed by atoms with Crippen molar-refractivity contribution in [3.05, 3.63) is 34.1 Å². The maximum absolute atomic E-state index is 13.4. The van der Waals surface area contributed by atoms with Gasteiger partial charge in [-0.1, -0.05) is 22.9 Å². The molecule has 1 heterocycles. The standard InChI is InChI=1S/C15H21BrFNO/c1-3-18-14(15-5-4-10(2)19-15)8-11-6-12(16)9-13(17)7-11/h6-7,9-10,14-15,18H,3-5,8H2,1-2H3. The smallest absolute Gasteiger partial charge is 0.124 e. The van der Waals surface area contributed by atoms with Gasteiger partial charge in [0.15, 0.2) is 0 Å². The van der Waals surface area contributed by atoms with E-state index in [0.29, 0.717) is 6.10 Å². The molecule has 2 rings (SSSR count). The summed E-state index contributed by atoms with van der Waals surface area (Å²) in [6, 6.07) is 5.32. The van der Waals surface area contributed by atoms with E-state index in [0.717, 1.165) is 35.8 Å². The molecule has 4 heteroatoms. The van der Waals surface area contributed by atoms with Crippen molar-refractivity contribution in [1.82, 2.24) is 5.32 Å². The van der Waals surface area contributed by atoms with E-state index in [9.17, 15) is 4.39 Å². The Labute approximate surface area is 122 Å². The van der Waals surface area contributed by atoms with Crippen LogP contribution in [-0.2, 0) is 11.2 Å². The molecular weight excluding hydrogens is 309 g/mol. The summed E-state index contributed by atoms with van der Waals surface area (Å²) >= 11 is 3.34. The Morgan fingerprint density at radius 3 is 2.79 bits per heavy atom. The predicted octanol–water partition coefficient (Wildman–Crippen LogP) is 3.68. The third-order valence-electron chi connectivity index (χ3n) is 3.56. The van der Waals surface area contributed by atoms with E-state index < -0.39 is 0 Å². The average Bonchev–Trinajstić information content (AvgIpc) is 2.74. The molecule has 0 radical (unpaired) electrons. The van der Waals surface area contributed by atoms with Gasteiger partial charge in [0, 0.05) is 10.5 Å². The van der Waals surface area contributed by atoms with Crippen molar-refractivity contribution in [3.63, 3.8) is 0 Å². The van der Waals surface area contributed by atoms with E-state index in [1.54, 1.807) is 6.07 Å². The van der Waals surface area contributed by atoms with E-state index in [1.807, 2.05) is 6.07 Å². The van der Waals surface area contributed by atoms with Gasteiger partial charge in [-0.05, 0) is 56.5 Å². The molecule has 0 aromatic heterocycles. The van der Waals surface area contributed by atoms with Crippen molar-refractivity contribution in [1.29, 1.82) is 0 Å². The summed E-state index contributed by atoms with van der Waals surface area (Å²) in [6.45, 7) is 5.10. The van der Waals surface area contributed by atoms with Gasteiger partial charge in [0.25, 0.3) is 0 Å². The summed E-state index contributed by atoms with van der Waals surface area (Å²) in [5.41, 5.74) is 1.00. The van der Waals surface area contributed by atoms with Gasteiger partial charge in [-0.2, -0.15) is 0 Å². The minimum absolute atomic E-state index is 0.194. The first kappa shape index (κ1) is 14.9. The second kappa shape index (κ2) is 6.82. The van der Waals surface area contributed by atoms with Crippen LogP contribution in [0.2, 0.25) is 0 Å². The van der Waals surface area contributed by atoms with Crippen LogP contribution in [0, 0.1) is 5.82 Å². The molecular formula is C15H21BrFNO. The van der Waals surface area contributed by atoms with Crippen LogP contribution < -0.4 is 5.32 Å². The largest absolute Gasteiger partial charge is 0.374 e. The van der Waals surface area contributed by atoms with E-state index in [-0.39, 0.29) is 18.0 Å². The Morgan fingerprint density at radius 1 is 1.42 bits per heavy atom. The van der Waals surface area contributed by atoms with Crippen molar-refractivity contribution in [2.75, 3.05) is 6.54 Å². The predicted molar refractivity (Wildman–Crippen MR) is 78.8 cm³/mol. The molecule has 1 N–H and O–H groups in total. The maximum atomic E-state index is 13.4. The lowest BCUT2D eigenvalue weighted by Crippen LogP contribution is -2.41. The van der Waals surface area contributed by atoms with Crippen LogP contribution in [0.25, 0.3) is 0 Å². The minimum Gasteiger partial charge on any atom is -0.374 e. The highest BCUT2D eigenvalue weighted by Gasteiger charge is 2.29. The van der Waals surface area contributed by atoms with Gasteiger partial charge in [0.2, 0.25) is 0 Å². The van der Waals surface area contributed by atoms with E-state index >= 15 is 0 Å². The zero-order chi connectivity index (χ0) is 13.8. The summed E-state index contributed by atoms with van der Waals surface area (Å²) in [7, 11) is 0. The van der Waals surface area contributed by atoms with E-state index in [2.05, 4.69) is 35.1 Å². The van der Waals surface area contributed by atoms with Crippen LogP contribution in [0.4, 0.5) is 4.39 Å². The summed E-state index contributed by atoms with van der Waals surface area (Å²) < 4.78 is 20.2. The highest BCUT2D eigenvalue weighted by atomic mass is 79.9. The lowest BCUT2D eigenvalue weighted by Gasteiger charge is -2.24. The molecule has 106 valence electrons. The van der Waals surface area contributed by atoms with Gasteiger partial charge >= 0.3 is 0 Å². The fraction of sp³-hybridized carbons (Fsp3) is 0.600. The zero-order valence-corrected chi connectivity index (χ0v) is 13.0. The van der Waals surface area contributed by atoms with Crippen LogP contribution >= 0.6 is 15.9 Å². The molecule has 2 nitrogen and oxygen atoms in total. The second-order valence-electron chi connectivity index (χ2n) is 5.21. The minimum atomic E-state index is -0.194. The van der Waals surface area contributed by atoms with Crippen LogP contribution in [0.3, 0.4) is 0 Å². The Bertz CT molecular complexity index is 406. The Hall–Kier alpha value is -0.450. The molecule has 0 bridgehead atoms. The lowest BCUT2D eigenvalue weighted by atomic mass is 9.99. The summed E-state index contributed by atoms with van der Waals surface area (Å²) in [6.07, 6.45) is 3.55. The highest BCUT2D eigenvalue weighted by Crippen LogP contribution is 2.24. The second-order valence-corrected chi connectivity index (χ2v) is 6.12. The average molecular weight is 330 g/mol. The number of halogens is 2. The number of hydrogen-bond donors (Lipinski definition) is 1. The molecule has 0 spiro atoms. The van der Waals surface area contributed by atoms with Crippen LogP contribution in [0.1, 0.15) is 32.3 Å². The van der Waals surface area contributed by atoms with Gasteiger partial charge in [-0.15, -0.1) is 0 Å². The van der Waals surface area contributed by atoms with Crippen molar-refractivity contribution >= 4 is 15.9 Å². The number of likely N-dealkylation sites (N-methyl/N-ethyl adjacent to an activating group) is 1. The third-order valence-corrected chi connectivity index (χ3v) is 4.02. The van der Waals surface area contributed by atoms with Gasteiger partial charge in [0.05, 0.1) is 12.2 Å². The highest BCUT2D eigenvalue weighted by molar-refractivity contribution is 9.10. The molecule has 1 saturated heterocycles. The fourth-order valence-electron chi connectivity index (χ4n) is 2.71. The number of benzene rings is 1. The fourth-order valence-corrected chi connectivity index (χ4v) is 3.22. The number of ether oxygens (including phenoxy) is 1. The molecule has 1 aromatic rings. The summed E-state index contributed by atoms with van der Waals surface area (Å²) in [4.78, 5) is 0. The normalized spacial score (nSPS) is 24.6. The Morgan fingerprint density at radius 2 is 2.21 bits per heavy atom. The Balaban J connectivity index is 2.07. The number of rotatable bonds is 5. The van der Waals surface area contributed by atoms with Crippen molar-refractivity contribution in [2.45, 2.75) is 51.4 Å². The third kappa shape index (κ3) is 4.26. The summed E-state index contributed by atoms with van der Waals surface area (Å²) in [5.74, 6) is -0.194. The first-order chi connectivity index (χ1) is 9.08. The van der Waals surface area contributed by atoms with Crippen molar-refractivity contribution in [2.24, 2.45) is 0 Å². The van der Waals surface area contributed by atoms with Gasteiger partial charge < -0.3 is 10.1 Å². The molecule has 19 heavy (non-hydrogen) atoms. The first-order valence-corrected chi connectivity index (χ1v) is 7.71. The topological polar surface area (TPSA) is 21.3 Å². The number of nitrogens with one attached hydrogen (secondary N) is 1. The Kier molecular flexibility index (Phi) is 5.37. The molecule has 1 aliphatic heterocycles. The van der Waals surface area contributed by atoms with Crippen LogP contribution in [0.5, 0.6) is 0 Å². The maximum Gasteiger partial charge on any atom is 0.124 e. The molecule has 3 unspecified atom stereocenters. The van der Waals surface area contributed by atoms with Gasteiger partial charge in [-0.3, -0.25) is 0 Å². The summed E-state index contributed by atoms with van der Waals surface area (Å²) in [5, 5.41) is 3.47. The molecule has 0 saturated carbocycles. The molecule has 1 aliphatic rings. The van der Waals surface area contributed by atoms with Crippen LogP contribution in [0.15, 0.2) is 22.7 Å². The van der Waals surface area contributed by atoms with E-state index in [1.165, 1.54) is 6.07 Å². The van der Waals surface area contributed by atoms with Crippen molar-refractivity contribution in [3.8, 4) is 0 Å². The van der Waals surface area contributed by atoms with Crippen molar-refractivity contribution < 1.29 is 9.13 Å². The zero-order valence-electron chi connectivity index (χ0n) is 11.5. The lowest BCUT2D eigenvalue weighted by molar-refractivity contribution is 0.0324.